The summed E-state index contributed by atoms with van der Waals surface area (Å²) < 4.78 is 38.2. The molecule has 0 aliphatic heterocycles. The molecule has 102 valence electrons. The molecule has 2 nitrogen and oxygen atoms in total. The molecule has 1 aromatic rings. The molecule has 1 atom stereocenters. The molecule has 0 aliphatic rings. The standard InChI is InChI=1S/C13H18F3NO/c1-9(18)12(2,3)17-8-10-6-4-5-7-11(10)13(14,15)16/h4-7,9,17-18H,8H2,1-3H3. The highest BCUT2D eigenvalue weighted by Gasteiger charge is 2.33. The lowest BCUT2D eigenvalue weighted by Gasteiger charge is -2.30. The molecule has 5 heteroatoms. The molecule has 0 bridgehead atoms. The Hall–Kier alpha value is -1.07. The van der Waals surface area contributed by atoms with Crippen LogP contribution in [0.2, 0.25) is 0 Å². The quantitative estimate of drug-likeness (QED) is 0.873. The van der Waals surface area contributed by atoms with E-state index in [0.29, 0.717) is 0 Å². The van der Waals surface area contributed by atoms with Crippen LogP contribution in [0.15, 0.2) is 24.3 Å². The summed E-state index contributed by atoms with van der Waals surface area (Å²) in [5.74, 6) is 0. The minimum Gasteiger partial charge on any atom is -0.392 e. The van der Waals surface area contributed by atoms with Crippen molar-refractivity contribution in [1.29, 1.82) is 0 Å². The van der Waals surface area contributed by atoms with Gasteiger partial charge in [0.2, 0.25) is 0 Å². The fourth-order valence-corrected chi connectivity index (χ4v) is 1.42. The van der Waals surface area contributed by atoms with Gasteiger partial charge >= 0.3 is 6.18 Å². The van der Waals surface area contributed by atoms with E-state index in [1.807, 2.05) is 0 Å². The van der Waals surface area contributed by atoms with E-state index < -0.39 is 23.4 Å². The Morgan fingerprint density at radius 1 is 1.22 bits per heavy atom. The molecule has 0 amide bonds. The molecule has 0 fully saturated rings. The first-order valence-electron chi connectivity index (χ1n) is 5.73. The molecular weight excluding hydrogens is 243 g/mol. The Kier molecular flexibility index (Phi) is 4.40. The number of hydrogen-bond acceptors (Lipinski definition) is 2. The van der Waals surface area contributed by atoms with Gasteiger partial charge in [-0.05, 0) is 32.4 Å². The first kappa shape index (κ1) is 15.0. The van der Waals surface area contributed by atoms with Gasteiger partial charge in [0.1, 0.15) is 0 Å². The van der Waals surface area contributed by atoms with Gasteiger partial charge in [0, 0.05) is 12.1 Å². The molecule has 1 unspecified atom stereocenters. The topological polar surface area (TPSA) is 32.3 Å². The molecule has 2 N–H and O–H groups in total. The molecule has 0 heterocycles. The highest BCUT2D eigenvalue weighted by molar-refractivity contribution is 5.29. The number of aliphatic hydroxyl groups excluding tert-OH is 1. The van der Waals surface area contributed by atoms with E-state index in [4.69, 9.17) is 0 Å². The van der Waals surface area contributed by atoms with Crippen LogP contribution in [0.4, 0.5) is 13.2 Å². The molecular formula is C13H18F3NO. The molecule has 0 radical (unpaired) electrons. The molecule has 0 saturated carbocycles. The second-order valence-electron chi connectivity index (χ2n) is 4.91. The van der Waals surface area contributed by atoms with Crippen LogP contribution >= 0.6 is 0 Å². The highest BCUT2D eigenvalue weighted by atomic mass is 19.4. The predicted octanol–water partition coefficient (Wildman–Crippen LogP) is 2.95. The third-order valence-corrected chi connectivity index (χ3v) is 3.10. The maximum atomic E-state index is 12.7. The van der Waals surface area contributed by atoms with Gasteiger partial charge < -0.3 is 10.4 Å². The number of halogens is 3. The third-order valence-electron chi connectivity index (χ3n) is 3.10. The monoisotopic (exact) mass is 261 g/mol. The van der Waals surface area contributed by atoms with E-state index >= 15 is 0 Å². The van der Waals surface area contributed by atoms with Crippen molar-refractivity contribution in [2.24, 2.45) is 0 Å². The second kappa shape index (κ2) is 5.28. The van der Waals surface area contributed by atoms with E-state index in [-0.39, 0.29) is 12.1 Å². The molecule has 18 heavy (non-hydrogen) atoms. The molecule has 1 rings (SSSR count). The van der Waals surface area contributed by atoms with E-state index in [1.165, 1.54) is 12.1 Å². The zero-order valence-corrected chi connectivity index (χ0v) is 10.7. The van der Waals surface area contributed by atoms with Crippen LogP contribution in [0.25, 0.3) is 0 Å². The van der Waals surface area contributed by atoms with Crippen molar-refractivity contribution in [3.63, 3.8) is 0 Å². The van der Waals surface area contributed by atoms with Gasteiger partial charge in [-0.2, -0.15) is 13.2 Å². The average molecular weight is 261 g/mol. The van der Waals surface area contributed by atoms with Crippen LogP contribution in [0.1, 0.15) is 31.9 Å². The Morgan fingerprint density at radius 3 is 2.28 bits per heavy atom. The van der Waals surface area contributed by atoms with E-state index in [1.54, 1.807) is 26.8 Å². The largest absolute Gasteiger partial charge is 0.416 e. The number of aliphatic hydroxyl groups is 1. The van der Waals surface area contributed by atoms with Gasteiger partial charge in [0.25, 0.3) is 0 Å². The molecule has 0 saturated heterocycles. The van der Waals surface area contributed by atoms with Crippen LogP contribution in [-0.2, 0) is 12.7 Å². The molecule has 0 aromatic heterocycles. The van der Waals surface area contributed by atoms with Gasteiger partial charge in [-0.15, -0.1) is 0 Å². The number of hydrogen-bond donors (Lipinski definition) is 2. The van der Waals surface area contributed by atoms with Crippen LogP contribution in [0, 0.1) is 0 Å². The number of nitrogens with one attached hydrogen (secondary N) is 1. The van der Waals surface area contributed by atoms with Crippen molar-refractivity contribution in [1.82, 2.24) is 5.32 Å². The summed E-state index contributed by atoms with van der Waals surface area (Å²) in [5.41, 5.74) is -1.10. The summed E-state index contributed by atoms with van der Waals surface area (Å²) in [6, 6.07) is 5.44. The maximum Gasteiger partial charge on any atom is 0.416 e. The fourth-order valence-electron chi connectivity index (χ4n) is 1.42. The maximum absolute atomic E-state index is 12.7. The van der Waals surface area contributed by atoms with Crippen molar-refractivity contribution in [2.75, 3.05) is 0 Å². The van der Waals surface area contributed by atoms with Crippen molar-refractivity contribution in [3.8, 4) is 0 Å². The molecule has 0 spiro atoms. The predicted molar refractivity (Wildman–Crippen MR) is 64.0 cm³/mol. The highest BCUT2D eigenvalue weighted by Crippen LogP contribution is 2.31. The lowest BCUT2D eigenvalue weighted by Crippen LogP contribution is -2.47. The first-order chi connectivity index (χ1) is 8.14. The van der Waals surface area contributed by atoms with Gasteiger partial charge in [-0.3, -0.25) is 0 Å². The number of benzene rings is 1. The van der Waals surface area contributed by atoms with Gasteiger partial charge in [-0.25, -0.2) is 0 Å². The van der Waals surface area contributed by atoms with E-state index in [0.717, 1.165) is 6.07 Å². The van der Waals surface area contributed by atoms with E-state index in [2.05, 4.69) is 5.32 Å². The SMILES string of the molecule is CC(O)C(C)(C)NCc1ccccc1C(F)(F)F. The van der Waals surface area contributed by atoms with E-state index in [9.17, 15) is 18.3 Å². The summed E-state index contributed by atoms with van der Waals surface area (Å²) in [5, 5.41) is 12.4. The van der Waals surface area contributed by atoms with Gasteiger partial charge in [-0.1, -0.05) is 18.2 Å². The lowest BCUT2D eigenvalue weighted by atomic mass is 9.97. The van der Waals surface area contributed by atoms with Crippen LogP contribution in [-0.4, -0.2) is 16.7 Å². The normalized spacial score (nSPS) is 14.6. The number of rotatable bonds is 4. The summed E-state index contributed by atoms with van der Waals surface area (Å²) in [6.07, 6.45) is -5.01. The summed E-state index contributed by atoms with van der Waals surface area (Å²) in [6.45, 7) is 5.15. The lowest BCUT2D eigenvalue weighted by molar-refractivity contribution is -0.138. The van der Waals surface area contributed by atoms with Crippen LogP contribution < -0.4 is 5.32 Å². The number of alkyl halides is 3. The first-order valence-corrected chi connectivity index (χ1v) is 5.73. The van der Waals surface area contributed by atoms with Crippen molar-refractivity contribution in [3.05, 3.63) is 35.4 Å². The Balaban J connectivity index is 2.86. The second-order valence-corrected chi connectivity index (χ2v) is 4.91. The van der Waals surface area contributed by atoms with Crippen molar-refractivity contribution in [2.45, 2.75) is 45.1 Å². The van der Waals surface area contributed by atoms with Crippen LogP contribution in [0.5, 0.6) is 0 Å². The third kappa shape index (κ3) is 3.71. The van der Waals surface area contributed by atoms with Crippen molar-refractivity contribution >= 4 is 0 Å². The molecule has 0 aliphatic carbocycles. The summed E-state index contributed by atoms with van der Waals surface area (Å²) >= 11 is 0. The summed E-state index contributed by atoms with van der Waals surface area (Å²) in [4.78, 5) is 0. The Bertz CT molecular complexity index is 399. The fraction of sp³-hybridized carbons (Fsp3) is 0.538. The van der Waals surface area contributed by atoms with Crippen molar-refractivity contribution < 1.29 is 18.3 Å². The minimum atomic E-state index is -4.35. The van der Waals surface area contributed by atoms with Gasteiger partial charge in [0.05, 0.1) is 11.7 Å². The molecule has 1 aromatic carbocycles. The summed E-state index contributed by atoms with van der Waals surface area (Å²) in [7, 11) is 0. The average Bonchev–Trinajstić information content (AvgIpc) is 2.25. The zero-order chi connectivity index (χ0) is 14.0. The van der Waals surface area contributed by atoms with Gasteiger partial charge in [0.15, 0.2) is 0 Å². The van der Waals surface area contributed by atoms with Crippen LogP contribution in [0.3, 0.4) is 0 Å². The smallest absolute Gasteiger partial charge is 0.392 e. The minimum absolute atomic E-state index is 0.0631. The zero-order valence-electron chi connectivity index (χ0n) is 10.7. The Labute approximate surface area is 105 Å². The Morgan fingerprint density at radius 2 is 1.78 bits per heavy atom.